The molecule has 0 bridgehead atoms. The third-order valence-corrected chi connectivity index (χ3v) is 5.03. The van der Waals surface area contributed by atoms with Gasteiger partial charge in [-0.15, -0.1) is 11.3 Å². The second-order valence-electron chi connectivity index (χ2n) is 5.88. The molecule has 1 N–H and O–H groups in total. The SMILES string of the molecule is O=C(c1cc(=O)[nH]c(C2CC2)n1)N1CCN(c2nccs2)CC1. The summed E-state index contributed by atoms with van der Waals surface area (Å²) >= 11 is 1.60. The van der Waals surface area contributed by atoms with E-state index in [9.17, 15) is 9.59 Å². The first-order valence-electron chi connectivity index (χ1n) is 7.76. The molecule has 0 atom stereocenters. The van der Waals surface area contributed by atoms with Crippen LogP contribution in [0.25, 0.3) is 0 Å². The van der Waals surface area contributed by atoms with Gasteiger partial charge < -0.3 is 14.8 Å². The summed E-state index contributed by atoms with van der Waals surface area (Å²) in [4.78, 5) is 39.7. The van der Waals surface area contributed by atoms with Gasteiger partial charge in [-0.3, -0.25) is 9.59 Å². The Labute approximate surface area is 137 Å². The Morgan fingerprint density at radius 2 is 2.04 bits per heavy atom. The molecule has 1 aliphatic heterocycles. The van der Waals surface area contributed by atoms with Crippen molar-refractivity contribution in [1.82, 2.24) is 19.9 Å². The summed E-state index contributed by atoms with van der Waals surface area (Å²) in [7, 11) is 0. The van der Waals surface area contributed by atoms with Crippen LogP contribution in [-0.2, 0) is 0 Å². The summed E-state index contributed by atoms with van der Waals surface area (Å²) in [5, 5.41) is 2.94. The van der Waals surface area contributed by atoms with Crippen LogP contribution in [-0.4, -0.2) is 51.9 Å². The third kappa shape index (κ3) is 2.98. The summed E-state index contributed by atoms with van der Waals surface area (Å²) in [6, 6.07) is 1.31. The molecule has 8 heteroatoms. The average molecular weight is 331 g/mol. The van der Waals surface area contributed by atoms with Crippen LogP contribution in [0.3, 0.4) is 0 Å². The zero-order valence-electron chi connectivity index (χ0n) is 12.6. The largest absolute Gasteiger partial charge is 0.345 e. The molecule has 1 aliphatic carbocycles. The molecule has 1 saturated carbocycles. The van der Waals surface area contributed by atoms with Crippen molar-refractivity contribution in [3.63, 3.8) is 0 Å². The van der Waals surface area contributed by atoms with Gasteiger partial charge in [0.25, 0.3) is 11.5 Å². The van der Waals surface area contributed by atoms with Crippen LogP contribution in [0, 0.1) is 0 Å². The summed E-state index contributed by atoms with van der Waals surface area (Å²) in [6.07, 6.45) is 3.86. The van der Waals surface area contributed by atoms with E-state index in [1.54, 1.807) is 22.4 Å². The monoisotopic (exact) mass is 331 g/mol. The van der Waals surface area contributed by atoms with Crippen LogP contribution in [0.1, 0.15) is 35.1 Å². The Morgan fingerprint density at radius 1 is 1.26 bits per heavy atom. The fraction of sp³-hybridized carbons (Fsp3) is 0.467. The minimum Gasteiger partial charge on any atom is -0.345 e. The molecule has 2 aromatic rings. The molecule has 3 heterocycles. The summed E-state index contributed by atoms with van der Waals surface area (Å²) in [6.45, 7) is 2.73. The van der Waals surface area contributed by atoms with E-state index in [-0.39, 0.29) is 17.2 Å². The molecule has 0 aromatic carbocycles. The molecule has 7 nitrogen and oxygen atoms in total. The first-order valence-corrected chi connectivity index (χ1v) is 8.63. The van der Waals surface area contributed by atoms with Crippen molar-refractivity contribution in [3.05, 3.63) is 39.5 Å². The molecule has 1 saturated heterocycles. The van der Waals surface area contributed by atoms with Crippen LogP contribution < -0.4 is 10.5 Å². The van der Waals surface area contributed by atoms with E-state index in [1.807, 2.05) is 5.38 Å². The smallest absolute Gasteiger partial charge is 0.272 e. The maximum atomic E-state index is 12.6. The van der Waals surface area contributed by atoms with Gasteiger partial charge in [0.2, 0.25) is 0 Å². The lowest BCUT2D eigenvalue weighted by atomic mass is 10.2. The van der Waals surface area contributed by atoms with Gasteiger partial charge in [-0.2, -0.15) is 0 Å². The quantitative estimate of drug-likeness (QED) is 0.909. The molecule has 23 heavy (non-hydrogen) atoms. The van der Waals surface area contributed by atoms with Crippen LogP contribution in [0.15, 0.2) is 22.4 Å². The van der Waals surface area contributed by atoms with E-state index in [1.165, 1.54) is 6.07 Å². The zero-order chi connectivity index (χ0) is 15.8. The van der Waals surface area contributed by atoms with Crippen LogP contribution >= 0.6 is 11.3 Å². The van der Waals surface area contributed by atoms with Gasteiger partial charge in [0.15, 0.2) is 5.13 Å². The Balaban J connectivity index is 1.47. The van der Waals surface area contributed by atoms with Gasteiger partial charge in [0, 0.05) is 49.7 Å². The highest BCUT2D eigenvalue weighted by Gasteiger charge is 2.29. The first kappa shape index (κ1) is 14.4. The maximum Gasteiger partial charge on any atom is 0.272 e. The van der Waals surface area contributed by atoms with Crippen molar-refractivity contribution in [2.45, 2.75) is 18.8 Å². The van der Waals surface area contributed by atoms with E-state index < -0.39 is 0 Å². The first-order chi connectivity index (χ1) is 11.2. The topological polar surface area (TPSA) is 82.2 Å². The number of carbonyl (C=O) groups is 1. The van der Waals surface area contributed by atoms with Gasteiger partial charge in [-0.25, -0.2) is 9.97 Å². The van der Waals surface area contributed by atoms with E-state index >= 15 is 0 Å². The standard InChI is InChI=1S/C15H17N5O2S/c21-12-9-11(17-13(18-12)10-1-2-10)14(22)19-4-6-20(7-5-19)15-16-3-8-23-15/h3,8-10H,1-2,4-7H2,(H,17,18,21). The van der Waals surface area contributed by atoms with Crippen LogP contribution in [0.4, 0.5) is 5.13 Å². The predicted molar refractivity (Wildman–Crippen MR) is 87.1 cm³/mol. The van der Waals surface area contributed by atoms with Crippen molar-refractivity contribution >= 4 is 22.4 Å². The Morgan fingerprint density at radius 3 is 2.70 bits per heavy atom. The van der Waals surface area contributed by atoms with E-state index in [2.05, 4.69) is 19.9 Å². The molecular weight excluding hydrogens is 314 g/mol. The Bertz CT molecular complexity index is 760. The number of aromatic amines is 1. The number of rotatable bonds is 3. The third-order valence-electron chi connectivity index (χ3n) is 4.20. The fourth-order valence-electron chi connectivity index (χ4n) is 2.77. The van der Waals surface area contributed by atoms with E-state index in [0.29, 0.717) is 24.8 Å². The number of nitrogens with zero attached hydrogens (tertiary/aromatic N) is 4. The molecule has 2 aromatic heterocycles. The number of nitrogens with one attached hydrogen (secondary N) is 1. The van der Waals surface area contributed by atoms with Gasteiger partial charge in [0.1, 0.15) is 11.5 Å². The number of piperazine rings is 1. The minimum absolute atomic E-state index is 0.156. The summed E-state index contributed by atoms with van der Waals surface area (Å²) < 4.78 is 0. The zero-order valence-corrected chi connectivity index (χ0v) is 13.4. The Hall–Kier alpha value is -2.22. The predicted octanol–water partition coefficient (Wildman–Crippen LogP) is 1.07. The summed E-state index contributed by atoms with van der Waals surface area (Å²) in [5.74, 6) is 0.816. The van der Waals surface area contributed by atoms with Crippen LogP contribution in [0.5, 0.6) is 0 Å². The van der Waals surface area contributed by atoms with Gasteiger partial charge in [-0.1, -0.05) is 0 Å². The molecule has 4 rings (SSSR count). The van der Waals surface area contributed by atoms with Gasteiger partial charge in [-0.05, 0) is 12.8 Å². The lowest BCUT2D eigenvalue weighted by Crippen LogP contribution is -2.49. The molecule has 2 fully saturated rings. The van der Waals surface area contributed by atoms with Crippen molar-refractivity contribution in [3.8, 4) is 0 Å². The highest BCUT2D eigenvalue weighted by atomic mass is 32.1. The second kappa shape index (κ2) is 5.77. The van der Waals surface area contributed by atoms with E-state index in [0.717, 1.165) is 31.1 Å². The number of hydrogen-bond acceptors (Lipinski definition) is 6. The maximum absolute atomic E-state index is 12.6. The van der Waals surface area contributed by atoms with Gasteiger partial charge >= 0.3 is 0 Å². The molecule has 120 valence electrons. The number of amides is 1. The number of carbonyl (C=O) groups excluding carboxylic acids is 1. The number of hydrogen-bond donors (Lipinski definition) is 1. The van der Waals surface area contributed by atoms with E-state index in [4.69, 9.17) is 0 Å². The van der Waals surface area contributed by atoms with Crippen molar-refractivity contribution in [2.24, 2.45) is 0 Å². The molecule has 1 amide bonds. The lowest BCUT2D eigenvalue weighted by molar-refractivity contribution is 0.0740. The molecule has 0 unspecified atom stereocenters. The second-order valence-corrected chi connectivity index (χ2v) is 6.76. The molecule has 0 radical (unpaired) electrons. The number of thiazole rings is 1. The van der Waals surface area contributed by atoms with Crippen molar-refractivity contribution in [2.75, 3.05) is 31.1 Å². The molecular formula is C15H17N5O2S. The van der Waals surface area contributed by atoms with Crippen LogP contribution in [0.2, 0.25) is 0 Å². The lowest BCUT2D eigenvalue weighted by Gasteiger charge is -2.34. The van der Waals surface area contributed by atoms with Gasteiger partial charge in [0.05, 0.1) is 0 Å². The summed E-state index contributed by atoms with van der Waals surface area (Å²) in [5.41, 5.74) is 0.0185. The molecule has 0 spiro atoms. The Kier molecular flexibility index (Phi) is 3.60. The fourth-order valence-corrected chi connectivity index (χ4v) is 3.47. The van der Waals surface area contributed by atoms with Crippen molar-refractivity contribution < 1.29 is 4.79 Å². The minimum atomic E-state index is -0.244. The normalized spacial score (nSPS) is 18.3. The highest BCUT2D eigenvalue weighted by molar-refractivity contribution is 7.13. The number of H-pyrrole nitrogens is 1. The highest BCUT2D eigenvalue weighted by Crippen LogP contribution is 2.37. The van der Waals surface area contributed by atoms with Crippen molar-refractivity contribution in [1.29, 1.82) is 0 Å². The number of aromatic nitrogens is 3. The average Bonchev–Trinajstić information content (AvgIpc) is 3.28. The molecule has 2 aliphatic rings. The number of anilines is 1.